The van der Waals surface area contributed by atoms with Gasteiger partial charge in [-0.15, -0.1) is 0 Å². The number of hydrogen-bond acceptors (Lipinski definition) is 8. The molecule has 0 radical (unpaired) electrons. The number of aromatic nitrogens is 2. The Morgan fingerprint density at radius 3 is 2.33 bits per heavy atom. The number of nitrogens with two attached hydrogens (primary N) is 1. The van der Waals surface area contributed by atoms with Crippen LogP contribution < -0.4 is 31.5 Å². The number of phosphoric ester groups is 1. The molecule has 0 saturated carbocycles. The molecule has 0 spiro atoms. The number of H-pyrrole nitrogens is 2. The molecule has 0 aliphatic heterocycles. The lowest BCUT2D eigenvalue weighted by atomic mass is 10.0. The van der Waals surface area contributed by atoms with Gasteiger partial charge in [-0.3, -0.25) is 28.6 Å². The highest BCUT2D eigenvalue weighted by atomic mass is 35.5. The van der Waals surface area contributed by atoms with Crippen molar-refractivity contribution in [3.8, 4) is 5.75 Å². The Bertz CT molecular complexity index is 2140. The maximum absolute atomic E-state index is 13.4. The first-order valence-electron chi connectivity index (χ1n) is 18.9. The number of halogens is 1. The van der Waals surface area contributed by atoms with Crippen molar-refractivity contribution in [2.24, 2.45) is 5.73 Å². The van der Waals surface area contributed by atoms with E-state index in [1.54, 1.807) is 12.1 Å². The van der Waals surface area contributed by atoms with E-state index < -0.39 is 31.7 Å². The number of para-hydroxylation sites is 3. The lowest BCUT2D eigenvalue weighted by molar-refractivity contribution is -0.129. The van der Waals surface area contributed by atoms with Gasteiger partial charge in [-0.1, -0.05) is 73.0 Å². The molecule has 5 aromatic rings. The normalized spacial score (nSPS) is 13.4. The summed E-state index contributed by atoms with van der Waals surface area (Å²) in [6.07, 6.45) is 5.32. The molecule has 0 aliphatic rings. The Labute approximate surface area is 335 Å². The Kier molecular flexibility index (Phi) is 16.1. The third-order valence-corrected chi connectivity index (χ3v) is 10.4. The van der Waals surface area contributed by atoms with Crippen LogP contribution in [0.4, 0.5) is 0 Å². The fourth-order valence-electron chi connectivity index (χ4n) is 6.15. The zero-order valence-corrected chi connectivity index (χ0v) is 33.1. The van der Waals surface area contributed by atoms with Crippen LogP contribution in [0.3, 0.4) is 0 Å². The van der Waals surface area contributed by atoms with Gasteiger partial charge in [0, 0.05) is 60.7 Å². The molecule has 2 heterocycles. The van der Waals surface area contributed by atoms with Crippen molar-refractivity contribution in [1.29, 1.82) is 0 Å². The minimum absolute atomic E-state index is 0.0181. The number of hydrogen-bond donors (Lipinski definition) is 8. The van der Waals surface area contributed by atoms with E-state index in [4.69, 9.17) is 26.4 Å². The van der Waals surface area contributed by atoms with Crippen LogP contribution in [0.5, 0.6) is 5.75 Å². The number of phosphoric acid groups is 1. The van der Waals surface area contributed by atoms with Crippen LogP contribution in [-0.4, -0.2) is 76.8 Å². The molecule has 15 nitrogen and oxygen atoms in total. The smallest absolute Gasteiger partial charge is 0.403 e. The van der Waals surface area contributed by atoms with Gasteiger partial charge < -0.3 is 41.5 Å². The Morgan fingerprint density at radius 1 is 0.807 bits per heavy atom. The zero-order valence-electron chi connectivity index (χ0n) is 31.4. The molecule has 0 fully saturated rings. The predicted octanol–water partition coefficient (Wildman–Crippen LogP) is 4.79. The molecule has 2 aromatic heterocycles. The molecule has 57 heavy (non-hydrogen) atoms. The largest absolute Gasteiger partial charge is 0.527 e. The molecule has 1 unspecified atom stereocenters. The van der Waals surface area contributed by atoms with Gasteiger partial charge in [-0.25, -0.2) is 4.57 Å². The Hall–Kier alpha value is -5.18. The quantitative estimate of drug-likeness (QED) is 0.0334. The minimum atomic E-state index is -4.30. The van der Waals surface area contributed by atoms with Gasteiger partial charge in [0.25, 0.3) is 0 Å². The van der Waals surface area contributed by atoms with Gasteiger partial charge in [-0.05, 0) is 60.5 Å². The predicted molar refractivity (Wildman–Crippen MR) is 218 cm³/mol. The first-order valence-corrected chi connectivity index (χ1v) is 20.7. The van der Waals surface area contributed by atoms with Gasteiger partial charge in [0.2, 0.25) is 23.6 Å². The summed E-state index contributed by atoms with van der Waals surface area (Å²) in [5.74, 6) is -1.49. The molecular weight excluding hydrogens is 773 g/mol. The van der Waals surface area contributed by atoms with Gasteiger partial charge in [0.1, 0.15) is 11.8 Å². The number of rotatable bonds is 23. The highest BCUT2D eigenvalue weighted by Crippen LogP contribution is 2.45. The number of unbranched alkanes of at least 4 members (excludes halogenated alkanes) is 3. The number of nitrogens with one attached hydrogen (secondary N) is 6. The molecule has 9 N–H and O–H groups in total. The summed E-state index contributed by atoms with van der Waals surface area (Å²) in [6, 6.07) is 21.9. The maximum Gasteiger partial charge on any atom is 0.527 e. The number of fused-ring (bicyclic) bond motifs is 2. The van der Waals surface area contributed by atoms with Crippen LogP contribution in [0.15, 0.2) is 85.1 Å². The number of benzene rings is 3. The van der Waals surface area contributed by atoms with Gasteiger partial charge in [-0.2, -0.15) is 0 Å². The van der Waals surface area contributed by atoms with Crippen LogP contribution in [0.25, 0.3) is 21.8 Å². The van der Waals surface area contributed by atoms with Gasteiger partial charge >= 0.3 is 7.82 Å². The number of amides is 4. The van der Waals surface area contributed by atoms with Crippen molar-refractivity contribution in [2.45, 2.75) is 63.5 Å². The molecule has 0 aliphatic carbocycles. The summed E-state index contributed by atoms with van der Waals surface area (Å²) in [4.78, 5) is 67.7. The molecule has 3 aromatic carbocycles. The third kappa shape index (κ3) is 13.8. The standard InChI is InChI=1S/C40H49ClN7O8P/c41-31-14-5-8-17-36(31)56-57(53,54)55-21-10-2-1-9-19-43-38(50)26-46-37(49)18-11-20-44-40(52)35(23-28-25-45-34-16-7-4-13-30(28)34)48-39(51)32(42)24-29-22-27-12-3-6-15-33(27)47-29/h3-8,12-17,22,25,32,35,45,47H,1-2,9-11,18-21,23-24,26,42H2,(H,43,50)(H,44,52)(H,46,49)(H,48,51)(H,53,54)/t32-,35+/m0/s1. The second kappa shape index (κ2) is 21.4. The van der Waals surface area contributed by atoms with Crippen molar-refractivity contribution in [1.82, 2.24) is 31.2 Å². The number of aromatic amines is 2. The minimum Gasteiger partial charge on any atom is -0.403 e. The molecule has 3 atom stereocenters. The van der Waals surface area contributed by atoms with E-state index in [9.17, 15) is 28.6 Å². The van der Waals surface area contributed by atoms with E-state index >= 15 is 0 Å². The summed E-state index contributed by atoms with van der Waals surface area (Å²) in [7, 11) is -4.30. The lowest BCUT2D eigenvalue weighted by Gasteiger charge is -2.20. The first-order chi connectivity index (χ1) is 27.5. The highest BCUT2D eigenvalue weighted by Gasteiger charge is 2.26. The fraction of sp³-hybridized carbons (Fsp3) is 0.350. The molecule has 4 amide bonds. The maximum atomic E-state index is 13.4. The van der Waals surface area contributed by atoms with E-state index in [2.05, 4.69) is 31.2 Å². The second-order valence-electron chi connectivity index (χ2n) is 13.6. The average Bonchev–Trinajstić information content (AvgIpc) is 3.80. The second-order valence-corrected chi connectivity index (χ2v) is 15.4. The Morgan fingerprint density at radius 2 is 1.53 bits per heavy atom. The van der Waals surface area contributed by atoms with Gasteiger partial charge in [0.05, 0.1) is 24.2 Å². The van der Waals surface area contributed by atoms with Crippen LogP contribution in [-0.2, 0) is 41.1 Å². The van der Waals surface area contributed by atoms with E-state index in [1.165, 1.54) is 12.1 Å². The molecule has 304 valence electrons. The van der Waals surface area contributed by atoms with E-state index in [0.29, 0.717) is 32.2 Å². The molecule has 0 saturated heterocycles. The van der Waals surface area contributed by atoms with E-state index in [0.717, 1.165) is 39.5 Å². The topological polar surface area (TPSA) is 230 Å². The van der Waals surface area contributed by atoms with E-state index in [1.807, 2.05) is 60.8 Å². The van der Waals surface area contributed by atoms with E-state index in [-0.39, 0.29) is 61.5 Å². The van der Waals surface area contributed by atoms with Crippen molar-refractivity contribution in [3.05, 3.63) is 101 Å². The first kappa shape index (κ1) is 43.0. The lowest BCUT2D eigenvalue weighted by Crippen LogP contribution is -2.53. The van der Waals surface area contributed by atoms with Crippen LogP contribution in [0.2, 0.25) is 5.02 Å². The summed E-state index contributed by atoms with van der Waals surface area (Å²) in [5, 5.41) is 13.2. The van der Waals surface area contributed by atoms with Crippen molar-refractivity contribution < 1.29 is 37.7 Å². The fourth-order valence-corrected chi connectivity index (χ4v) is 7.20. The van der Waals surface area contributed by atoms with Crippen LogP contribution >= 0.6 is 19.4 Å². The average molecular weight is 822 g/mol. The highest BCUT2D eigenvalue weighted by molar-refractivity contribution is 7.47. The molecule has 5 rings (SSSR count). The SMILES string of the molecule is N[C@@H](Cc1cc2ccccc2[nH]1)C(=O)N[C@H](Cc1c[nH]c2ccccc12)C(=O)NCCCC(=O)NCC(=O)NCCCCCCOP(=O)(O)Oc1ccccc1Cl. The van der Waals surface area contributed by atoms with Crippen molar-refractivity contribution in [2.75, 3.05) is 26.2 Å². The van der Waals surface area contributed by atoms with Crippen LogP contribution in [0.1, 0.15) is 49.8 Å². The number of carbonyl (C=O) groups is 4. The Balaban J connectivity index is 0.967. The molecule has 17 heteroatoms. The zero-order chi connectivity index (χ0) is 40.6. The van der Waals surface area contributed by atoms with Crippen molar-refractivity contribution >= 4 is 64.9 Å². The summed E-state index contributed by atoms with van der Waals surface area (Å²) in [6.45, 7) is 0.410. The van der Waals surface area contributed by atoms with Crippen molar-refractivity contribution in [3.63, 3.8) is 0 Å². The molecular formula is C40H49ClN7O8P. The summed E-state index contributed by atoms with van der Waals surface area (Å²) in [5.41, 5.74) is 9.83. The molecule has 0 bridgehead atoms. The van der Waals surface area contributed by atoms with Gasteiger partial charge in [0.15, 0.2) is 0 Å². The van der Waals surface area contributed by atoms with Crippen LogP contribution in [0, 0.1) is 0 Å². The third-order valence-electron chi connectivity index (χ3n) is 9.12. The summed E-state index contributed by atoms with van der Waals surface area (Å²) >= 11 is 5.94. The summed E-state index contributed by atoms with van der Waals surface area (Å²) < 4.78 is 22.1. The number of carbonyl (C=O) groups excluding carboxylic acids is 4. The monoisotopic (exact) mass is 821 g/mol.